The van der Waals surface area contributed by atoms with Crippen LogP contribution in [0.25, 0.3) is 0 Å². The second kappa shape index (κ2) is 3.52. The van der Waals surface area contributed by atoms with Crippen LogP contribution < -0.4 is 0 Å². The lowest BCUT2D eigenvalue weighted by molar-refractivity contribution is -0.109. The van der Waals surface area contributed by atoms with Gasteiger partial charge in [0.25, 0.3) is 0 Å². The molecule has 0 saturated heterocycles. The van der Waals surface area contributed by atoms with Crippen LogP contribution in [0.5, 0.6) is 0 Å². The third-order valence-corrected chi connectivity index (χ3v) is 5.13. The van der Waals surface area contributed by atoms with Gasteiger partial charge >= 0.3 is 0 Å². The van der Waals surface area contributed by atoms with Crippen molar-refractivity contribution in [2.24, 2.45) is 23.2 Å². The second-order valence-corrected chi connectivity index (χ2v) is 5.99. The van der Waals surface area contributed by atoms with Crippen LogP contribution in [0.1, 0.15) is 52.9 Å². The lowest BCUT2D eigenvalue weighted by atomic mass is 9.53. The summed E-state index contributed by atoms with van der Waals surface area (Å²) in [5, 5.41) is 10.2. The van der Waals surface area contributed by atoms with Gasteiger partial charge in [-0.1, -0.05) is 27.2 Å². The average molecular weight is 196 g/mol. The molecule has 1 heteroatoms. The number of hydrogen-bond acceptors (Lipinski definition) is 1. The van der Waals surface area contributed by atoms with Gasteiger partial charge in [0.15, 0.2) is 0 Å². The molecule has 2 rings (SSSR count). The van der Waals surface area contributed by atoms with Crippen LogP contribution >= 0.6 is 0 Å². The molecule has 5 unspecified atom stereocenters. The molecular weight excluding hydrogens is 172 g/mol. The summed E-state index contributed by atoms with van der Waals surface area (Å²) in [6.45, 7) is 7.05. The Balaban J connectivity index is 2.22. The van der Waals surface area contributed by atoms with E-state index in [-0.39, 0.29) is 11.5 Å². The van der Waals surface area contributed by atoms with E-state index in [1.54, 1.807) is 0 Å². The zero-order chi connectivity index (χ0) is 10.3. The van der Waals surface area contributed by atoms with E-state index in [4.69, 9.17) is 0 Å². The molecule has 0 bridgehead atoms. The van der Waals surface area contributed by atoms with Crippen molar-refractivity contribution in [3.8, 4) is 0 Å². The predicted octanol–water partition coefficient (Wildman–Crippen LogP) is 3.22. The fourth-order valence-corrected chi connectivity index (χ4v) is 3.99. The molecule has 0 aromatic rings. The van der Waals surface area contributed by atoms with Gasteiger partial charge in [0, 0.05) is 0 Å². The molecule has 0 spiro atoms. The fourth-order valence-electron chi connectivity index (χ4n) is 3.99. The van der Waals surface area contributed by atoms with Crippen molar-refractivity contribution < 1.29 is 5.11 Å². The van der Waals surface area contributed by atoms with E-state index in [1.165, 1.54) is 25.7 Å². The standard InChI is InChI=1S/C13H24O/c1-9-7-10(2)13(3)11(8-9)5-4-6-12(13)14/h9-12,14H,4-8H2,1-3H3. The molecule has 5 atom stereocenters. The third-order valence-electron chi connectivity index (χ3n) is 5.13. The second-order valence-electron chi connectivity index (χ2n) is 5.99. The Bertz CT molecular complexity index is 213. The summed E-state index contributed by atoms with van der Waals surface area (Å²) >= 11 is 0. The maximum Gasteiger partial charge on any atom is 0.0599 e. The van der Waals surface area contributed by atoms with Crippen LogP contribution in [0.2, 0.25) is 0 Å². The Morgan fingerprint density at radius 2 is 1.86 bits per heavy atom. The highest BCUT2D eigenvalue weighted by molar-refractivity contribution is 4.99. The molecule has 1 N–H and O–H groups in total. The normalized spacial score (nSPS) is 54.0. The molecule has 0 heterocycles. The monoisotopic (exact) mass is 196 g/mol. The van der Waals surface area contributed by atoms with Crippen LogP contribution in [0, 0.1) is 23.2 Å². The molecule has 0 aromatic heterocycles. The van der Waals surface area contributed by atoms with E-state index in [1.807, 2.05) is 0 Å². The Morgan fingerprint density at radius 1 is 1.14 bits per heavy atom. The molecule has 2 saturated carbocycles. The lowest BCUT2D eigenvalue weighted by Gasteiger charge is -2.54. The van der Waals surface area contributed by atoms with Crippen molar-refractivity contribution in [2.75, 3.05) is 0 Å². The van der Waals surface area contributed by atoms with Crippen LogP contribution in [0.4, 0.5) is 0 Å². The zero-order valence-electron chi connectivity index (χ0n) is 9.79. The molecule has 2 aliphatic carbocycles. The largest absolute Gasteiger partial charge is 0.393 e. The Morgan fingerprint density at radius 3 is 2.57 bits per heavy atom. The summed E-state index contributed by atoms with van der Waals surface area (Å²) in [5.41, 5.74) is 0.227. The van der Waals surface area contributed by atoms with E-state index >= 15 is 0 Å². The minimum Gasteiger partial charge on any atom is -0.393 e. The summed E-state index contributed by atoms with van der Waals surface area (Å²) in [5.74, 6) is 2.35. The Kier molecular flexibility index (Phi) is 2.63. The number of aliphatic hydroxyl groups excluding tert-OH is 1. The maximum absolute atomic E-state index is 10.2. The summed E-state index contributed by atoms with van der Waals surface area (Å²) < 4.78 is 0. The topological polar surface area (TPSA) is 20.2 Å². The van der Waals surface area contributed by atoms with Gasteiger partial charge in [-0.05, 0) is 48.9 Å². The summed E-state index contributed by atoms with van der Waals surface area (Å²) in [6, 6.07) is 0. The third kappa shape index (κ3) is 1.41. The first-order valence-electron chi connectivity index (χ1n) is 6.23. The smallest absolute Gasteiger partial charge is 0.0599 e. The van der Waals surface area contributed by atoms with Gasteiger partial charge in [-0.15, -0.1) is 0 Å². The molecule has 82 valence electrons. The molecule has 0 aliphatic heterocycles. The first-order chi connectivity index (χ1) is 6.55. The van der Waals surface area contributed by atoms with Gasteiger partial charge in [-0.25, -0.2) is 0 Å². The summed E-state index contributed by atoms with van der Waals surface area (Å²) in [6.07, 6.45) is 6.24. The fraction of sp³-hybridized carbons (Fsp3) is 1.00. The Hall–Kier alpha value is -0.0400. The Labute approximate surface area is 87.9 Å². The molecular formula is C13H24O. The molecule has 2 aliphatic rings. The number of hydrogen-bond donors (Lipinski definition) is 1. The van der Waals surface area contributed by atoms with E-state index in [2.05, 4.69) is 20.8 Å². The van der Waals surface area contributed by atoms with Crippen molar-refractivity contribution in [2.45, 2.75) is 59.0 Å². The van der Waals surface area contributed by atoms with E-state index in [0.29, 0.717) is 5.92 Å². The van der Waals surface area contributed by atoms with Crippen molar-refractivity contribution >= 4 is 0 Å². The lowest BCUT2D eigenvalue weighted by Crippen LogP contribution is -2.50. The van der Waals surface area contributed by atoms with Crippen LogP contribution in [-0.4, -0.2) is 11.2 Å². The SMILES string of the molecule is CC1CC(C)C2(C)C(O)CCCC2C1. The number of rotatable bonds is 0. The van der Waals surface area contributed by atoms with Gasteiger partial charge in [-0.2, -0.15) is 0 Å². The van der Waals surface area contributed by atoms with Gasteiger partial charge in [0.05, 0.1) is 6.10 Å². The first kappa shape index (κ1) is 10.5. The summed E-state index contributed by atoms with van der Waals surface area (Å²) in [7, 11) is 0. The maximum atomic E-state index is 10.2. The van der Waals surface area contributed by atoms with Gasteiger partial charge in [-0.3, -0.25) is 0 Å². The van der Waals surface area contributed by atoms with Crippen molar-refractivity contribution in [3.05, 3.63) is 0 Å². The van der Waals surface area contributed by atoms with Crippen molar-refractivity contribution in [3.63, 3.8) is 0 Å². The predicted molar refractivity (Wildman–Crippen MR) is 59.0 cm³/mol. The van der Waals surface area contributed by atoms with Gasteiger partial charge < -0.3 is 5.11 Å². The highest BCUT2D eigenvalue weighted by Crippen LogP contribution is 2.54. The molecule has 0 amide bonds. The van der Waals surface area contributed by atoms with E-state index in [9.17, 15) is 5.11 Å². The van der Waals surface area contributed by atoms with Crippen LogP contribution in [0.15, 0.2) is 0 Å². The van der Waals surface area contributed by atoms with Gasteiger partial charge in [0.1, 0.15) is 0 Å². The molecule has 14 heavy (non-hydrogen) atoms. The molecule has 2 fully saturated rings. The summed E-state index contributed by atoms with van der Waals surface area (Å²) in [4.78, 5) is 0. The molecule has 1 nitrogen and oxygen atoms in total. The van der Waals surface area contributed by atoms with Gasteiger partial charge in [0.2, 0.25) is 0 Å². The van der Waals surface area contributed by atoms with Crippen LogP contribution in [0.3, 0.4) is 0 Å². The van der Waals surface area contributed by atoms with Crippen molar-refractivity contribution in [1.29, 1.82) is 0 Å². The quantitative estimate of drug-likeness (QED) is 0.630. The number of aliphatic hydroxyl groups is 1. The molecule has 0 aromatic carbocycles. The van der Waals surface area contributed by atoms with E-state index in [0.717, 1.165) is 18.3 Å². The average Bonchev–Trinajstić information content (AvgIpc) is 2.11. The number of fused-ring (bicyclic) bond motifs is 1. The highest BCUT2D eigenvalue weighted by atomic mass is 16.3. The minimum absolute atomic E-state index is 0.0382. The zero-order valence-corrected chi connectivity index (χ0v) is 9.79. The molecule has 0 radical (unpaired) electrons. The van der Waals surface area contributed by atoms with Crippen LogP contribution in [-0.2, 0) is 0 Å². The highest BCUT2D eigenvalue weighted by Gasteiger charge is 2.49. The van der Waals surface area contributed by atoms with E-state index < -0.39 is 0 Å². The minimum atomic E-state index is -0.0382. The first-order valence-corrected chi connectivity index (χ1v) is 6.23. The van der Waals surface area contributed by atoms with Crippen molar-refractivity contribution in [1.82, 2.24) is 0 Å².